The Morgan fingerprint density at radius 2 is 2.09 bits per heavy atom. The fourth-order valence-electron chi connectivity index (χ4n) is 2.21. The van der Waals surface area contributed by atoms with Gasteiger partial charge in [-0.25, -0.2) is 0 Å². The molecule has 124 valence electrons. The Bertz CT molecular complexity index is 445. The number of nitrogens with zero attached hydrogens (tertiary/aromatic N) is 1. The molecule has 0 aromatic heterocycles. The first-order chi connectivity index (χ1) is 10.5. The van der Waals surface area contributed by atoms with Crippen LogP contribution in [-0.4, -0.2) is 54.5 Å². The van der Waals surface area contributed by atoms with E-state index < -0.39 is 23.5 Å². The van der Waals surface area contributed by atoms with Crippen LogP contribution in [0.4, 0.5) is 0 Å². The van der Waals surface area contributed by atoms with Crippen LogP contribution in [0.5, 0.6) is 0 Å². The maximum Gasteiger partial charge on any atom is 0.237 e. The maximum absolute atomic E-state index is 12.1. The summed E-state index contributed by atoms with van der Waals surface area (Å²) in [5.74, 6) is -2.13. The molecule has 1 heterocycles. The van der Waals surface area contributed by atoms with Gasteiger partial charge >= 0.3 is 0 Å². The predicted molar refractivity (Wildman–Crippen MR) is 83.6 cm³/mol. The summed E-state index contributed by atoms with van der Waals surface area (Å²) in [6.45, 7) is 1.08. The first-order valence-corrected chi connectivity index (χ1v) is 7.71. The highest BCUT2D eigenvalue weighted by Crippen LogP contribution is 2.07. The van der Waals surface area contributed by atoms with Gasteiger partial charge in [-0.05, 0) is 32.2 Å². The summed E-state index contributed by atoms with van der Waals surface area (Å²) in [7, 11) is 0. The van der Waals surface area contributed by atoms with Crippen LogP contribution in [0.3, 0.4) is 0 Å². The van der Waals surface area contributed by atoms with Gasteiger partial charge in [0.2, 0.25) is 17.5 Å². The number of guanidine groups is 1. The summed E-state index contributed by atoms with van der Waals surface area (Å²) in [5, 5.41) is 5.66. The zero-order chi connectivity index (χ0) is 16.5. The maximum atomic E-state index is 12.1. The van der Waals surface area contributed by atoms with Gasteiger partial charge in [-0.2, -0.15) is 0 Å². The van der Waals surface area contributed by atoms with Gasteiger partial charge in [0.25, 0.3) is 0 Å². The molecule has 0 aromatic carbocycles. The van der Waals surface area contributed by atoms with Gasteiger partial charge in [0.1, 0.15) is 0 Å². The molecule has 0 radical (unpaired) electrons. The van der Waals surface area contributed by atoms with E-state index in [1.165, 1.54) is 0 Å². The molecule has 8 nitrogen and oxygen atoms in total. The molecule has 1 saturated heterocycles. The lowest BCUT2D eigenvalue weighted by Gasteiger charge is -2.19. The van der Waals surface area contributed by atoms with Gasteiger partial charge in [-0.1, -0.05) is 0 Å². The van der Waals surface area contributed by atoms with Crippen LogP contribution >= 0.6 is 11.6 Å². The number of amides is 1. The van der Waals surface area contributed by atoms with E-state index in [-0.39, 0.29) is 24.3 Å². The van der Waals surface area contributed by atoms with Crippen LogP contribution in [0.25, 0.3) is 0 Å². The van der Waals surface area contributed by atoms with Gasteiger partial charge in [0.05, 0.1) is 18.0 Å². The normalized spacial score (nSPS) is 18.5. The van der Waals surface area contributed by atoms with E-state index in [0.29, 0.717) is 19.4 Å². The average Bonchev–Trinajstić information content (AvgIpc) is 3.02. The molecule has 22 heavy (non-hydrogen) atoms. The molecule has 0 bridgehead atoms. The third kappa shape index (κ3) is 5.98. The van der Waals surface area contributed by atoms with Crippen molar-refractivity contribution < 1.29 is 14.4 Å². The first-order valence-electron chi connectivity index (χ1n) is 7.18. The molecular weight excluding hydrogens is 310 g/mol. The minimum atomic E-state index is -0.893. The summed E-state index contributed by atoms with van der Waals surface area (Å²) in [5.41, 5.74) is 10.4. The summed E-state index contributed by atoms with van der Waals surface area (Å²) >= 11 is 5.41. The molecule has 1 aliphatic heterocycles. The quantitative estimate of drug-likeness (QED) is 0.135. The SMILES string of the molecule is NC(N)=NCCC[C@H](NC(=O)[C@@H]1CCCN1)C(=O)C(=O)CCl. The Balaban J connectivity index is 2.60. The van der Waals surface area contributed by atoms with Gasteiger partial charge in [-0.15, -0.1) is 11.6 Å². The molecule has 1 rings (SSSR count). The molecule has 1 aliphatic rings. The number of rotatable bonds is 9. The van der Waals surface area contributed by atoms with E-state index in [2.05, 4.69) is 15.6 Å². The van der Waals surface area contributed by atoms with Crippen molar-refractivity contribution in [3.63, 3.8) is 0 Å². The number of carbonyl (C=O) groups is 3. The van der Waals surface area contributed by atoms with Crippen LogP contribution in [0, 0.1) is 0 Å². The minimum absolute atomic E-state index is 0.0427. The van der Waals surface area contributed by atoms with E-state index in [9.17, 15) is 14.4 Å². The number of carbonyl (C=O) groups excluding carboxylic acids is 3. The third-order valence-electron chi connectivity index (χ3n) is 3.35. The van der Waals surface area contributed by atoms with E-state index in [4.69, 9.17) is 23.1 Å². The van der Waals surface area contributed by atoms with Crippen LogP contribution in [0.2, 0.25) is 0 Å². The Labute approximate surface area is 134 Å². The van der Waals surface area contributed by atoms with Crippen LogP contribution in [0.1, 0.15) is 25.7 Å². The van der Waals surface area contributed by atoms with Crippen molar-refractivity contribution in [1.82, 2.24) is 10.6 Å². The third-order valence-corrected chi connectivity index (χ3v) is 3.59. The van der Waals surface area contributed by atoms with E-state index in [1.54, 1.807) is 0 Å². The summed E-state index contributed by atoms with van der Waals surface area (Å²) in [6.07, 6.45) is 2.35. The standard InChI is InChI=1S/C13H22ClN5O3/c14-7-10(20)11(21)8(3-1-6-18-13(15)16)19-12(22)9-4-2-5-17-9/h8-9,17H,1-7H2,(H,19,22)(H4,15,16,18)/t8-,9-/m0/s1. The van der Waals surface area contributed by atoms with E-state index in [0.717, 1.165) is 13.0 Å². The molecule has 0 spiro atoms. The van der Waals surface area contributed by atoms with Crippen molar-refractivity contribution in [3.05, 3.63) is 0 Å². The van der Waals surface area contributed by atoms with E-state index in [1.807, 2.05) is 0 Å². The van der Waals surface area contributed by atoms with Crippen molar-refractivity contribution in [2.24, 2.45) is 16.5 Å². The van der Waals surface area contributed by atoms with E-state index >= 15 is 0 Å². The highest BCUT2D eigenvalue weighted by molar-refractivity contribution is 6.48. The zero-order valence-electron chi connectivity index (χ0n) is 12.3. The Morgan fingerprint density at radius 3 is 2.64 bits per heavy atom. The van der Waals surface area contributed by atoms with Crippen LogP contribution in [-0.2, 0) is 14.4 Å². The van der Waals surface area contributed by atoms with Gasteiger partial charge in [0.15, 0.2) is 5.96 Å². The molecule has 0 unspecified atom stereocenters. The molecular formula is C13H22ClN5O3. The summed E-state index contributed by atoms with van der Waals surface area (Å²) < 4.78 is 0. The zero-order valence-corrected chi connectivity index (χ0v) is 13.1. The van der Waals surface area contributed by atoms with Crippen molar-refractivity contribution >= 4 is 35.0 Å². The fourth-order valence-corrected chi connectivity index (χ4v) is 2.34. The van der Waals surface area contributed by atoms with Crippen molar-refractivity contribution in [3.8, 4) is 0 Å². The Kier molecular flexibility index (Phi) is 7.83. The fraction of sp³-hybridized carbons (Fsp3) is 0.692. The second-order valence-electron chi connectivity index (χ2n) is 5.08. The lowest BCUT2D eigenvalue weighted by Crippen LogP contribution is -2.50. The van der Waals surface area contributed by atoms with Crippen molar-refractivity contribution in [2.45, 2.75) is 37.8 Å². The topological polar surface area (TPSA) is 140 Å². The highest BCUT2D eigenvalue weighted by atomic mass is 35.5. The molecule has 0 saturated carbocycles. The molecule has 1 fully saturated rings. The van der Waals surface area contributed by atoms with Gasteiger partial charge in [-0.3, -0.25) is 19.4 Å². The van der Waals surface area contributed by atoms with Gasteiger partial charge < -0.3 is 22.1 Å². The number of nitrogens with two attached hydrogens (primary N) is 2. The molecule has 1 amide bonds. The lowest BCUT2D eigenvalue weighted by molar-refractivity contribution is -0.138. The predicted octanol–water partition coefficient (Wildman–Crippen LogP) is -1.35. The van der Waals surface area contributed by atoms with Crippen molar-refractivity contribution in [2.75, 3.05) is 19.0 Å². The highest BCUT2D eigenvalue weighted by Gasteiger charge is 2.29. The number of alkyl halides is 1. The minimum Gasteiger partial charge on any atom is -0.370 e. The number of Topliss-reactive ketones (excluding diaryl/α,β-unsaturated/α-hetero) is 2. The lowest BCUT2D eigenvalue weighted by atomic mass is 10.0. The Hall–Kier alpha value is -1.67. The summed E-state index contributed by atoms with van der Waals surface area (Å²) in [4.78, 5) is 39.4. The molecule has 0 aliphatic carbocycles. The molecule has 6 N–H and O–H groups in total. The second-order valence-corrected chi connectivity index (χ2v) is 5.35. The molecule has 2 atom stereocenters. The van der Waals surface area contributed by atoms with Crippen LogP contribution < -0.4 is 22.1 Å². The monoisotopic (exact) mass is 331 g/mol. The first kappa shape index (κ1) is 18.4. The number of hydrogen-bond acceptors (Lipinski definition) is 5. The largest absolute Gasteiger partial charge is 0.370 e. The van der Waals surface area contributed by atoms with Crippen molar-refractivity contribution in [1.29, 1.82) is 0 Å². The molecule has 9 heteroatoms. The Morgan fingerprint density at radius 1 is 1.36 bits per heavy atom. The second kappa shape index (κ2) is 9.37. The number of halogens is 1. The van der Waals surface area contributed by atoms with Gasteiger partial charge in [0, 0.05) is 6.54 Å². The smallest absolute Gasteiger partial charge is 0.237 e. The molecule has 0 aromatic rings. The number of aliphatic imine (C=N–C) groups is 1. The van der Waals surface area contributed by atoms with Crippen LogP contribution in [0.15, 0.2) is 4.99 Å². The number of hydrogen-bond donors (Lipinski definition) is 4. The average molecular weight is 332 g/mol. The number of ketones is 2. The summed E-state index contributed by atoms with van der Waals surface area (Å²) in [6, 6.07) is -1.21. The number of nitrogens with one attached hydrogen (secondary N) is 2.